The first-order valence-corrected chi connectivity index (χ1v) is 8.03. The minimum atomic E-state index is -1.22. The average molecular weight is 358 g/mol. The molecular formula is C16H10N2O6S. The van der Waals surface area contributed by atoms with E-state index in [1.807, 2.05) is 0 Å². The van der Waals surface area contributed by atoms with Crippen LogP contribution in [0.4, 0.5) is 0 Å². The van der Waals surface area contributed by atoms with Crippen LogP contribution in [0.3, 0.4) is 0 Å². The molecule has 0 aromatic carbocycles. The second-order valence-electron chi connectivity index (χ2n) is 5.22. The maximum atomic E-state index is 12.8. The van der Waals surface area contributed by atoms with Crippen molar-refractivity contribution >= 4 is 27.5 Å². The Balaban J connectivity index is 1.86. The van der Waals surface area contributed by atoms with Crippen LogP contribution in [0.5, 0.6) is 0 Å². The summed E-state index contributed by atoms with van der Waals surface area (Å²) in [6.45, 7) is -0.176. The monoisotopic (exact) mass is 358 g/mol. The quantitative estimate of drug-likeness (QED) is 0.578. The molecule has 25 heavy (non-hydrogen) atoms. The molecular weight excluding hydrogens is 348 g/mol. The smallest absolute Gasteiger partial charge is 0.371 e. The Labute approximate surface area is 142 Å². The van der Waals surface area contributed by atoms with Crippen LogP contribution in [0, 0.1) is 0 Å². The van der Waals surface area contributed by atoms with E-state index in [0.717, 1.165) is 4.57 Å². The first kappa shape index (κ1) is 15.2. The van der Waals surface area contributed by atoms with E-state index in [4.69, 9.17) is 13.9 Å². The van der Waals surface area contributed by atoms with Crippen LogP contribution in [0.2, 0.25) is 0 Å². The van der Waals surface area contributed by atoms with Crippen molar-refractivity contribution in [3.05, 3.63) is 68.3 Å². The topological polar surface area (TPSA) is 118 Å². The molecule has 0 amide bonds. The van der Waals surface area contributed by atoms with Gasteiger partial charge in [0.25, 0.3) is 5.56 Å². The maximum Gasteiger partial charge on any atom is 0.371 e. The second-order valence-corrected chi connectivity index (χ2v) is 6.10. The zero-order valence-electron chi connectivity index (χ0n) is 12.5. The number of fused-ring (bicyclic) bond motifs is 1. The number of carbonyl (C=O) groups is 1. The third kappa shape index (κ3) is 2.50. The summed E-state index contributed by atoms with van der Waals surface area (Å²) in [6, 6.07) is 6.12. The Morgan fingerprint density at radius 2 is 2.12 bits per heavy atom. The van der Waals surface area contributed by atoms with Crippen molar-refractivity contribution in [3.8, 4) is 11.3 Å². The van der Waals surface area contributed by atoms with Crippen LogP contribution in [-0.4, -0.2) is 20.6 Å². The molecule has 0 aliphatic carbocycles. The van der Waals surface area contributed by atoms with E-state index < -0.39 is 17.2 Å². The van der Waals surface area contributed by atoms with Gasteiger partial charge in [0.05, 0.1) is 18.2 Å². The van der Waals surface area contributed by atoms with Crippen LogP contribution >= 0.6 is 11.3 Å². The lowest BCUT2D eigenvalue weighted by atomic mass is 10.2. The average Bonchev–Trinajstić information content (AvgIpc) is 3.30. The highest BCUT2D eigenvalue weighted by Crippen LogP contribution is 2.30. The molecule has 0 unspecified atom stereocenters. The van der Waals surface area contributed by atoms with Crippen LogP contribution in [0.15, 0.2) is 54.3 Å². The van der Waals surface area contributed by atoms with E-state index in [1.165, 1.54) is 29.7 Å². The van der Waals surface area contributed by atoms with E-state index in [2.05, 4.69) is 4.98 Å². The van der Waals surface area contributed by atoms with Gasteiger partial charge in [-0.25, -0.2) is 9.59 Å². The molecule has 0 saturated heterocycles. The summed E-state index contributed by atoms with van der Waals surface area (Å²) in [6.07, 6.45) is 1.50. The molecule has 4 aromatic rings. The van der Waals surface area contributed by atoms with Gasteiger partial charge in [0.15, 0.2) is 0 Å². The van der Waals surface area contributed by atoms with Gasteiger partial charge in [0.1, 0.15) is 16.4 Å². The summed E-state index contributed by atoms with van der Waals surface area (Å²) in [7, 11) is 0. The minimum absolute atomic E-state index is 0.176. The normalized spacial score (nSPS) is 11.2. The van der Waals surface area contributed by atoms with Gasteiger partial charge in [-0.3, -0.25) is 14.3 Å². The number of aromatic amines is 1. The number of carboxylic acids is 1. The van der Waals surface area contributed by atoms with Gasteiger partial charge in [-0.05, 0) is 24.3 Å². The lowest BCUT2D eigenvalue weighted by Gasteiger charge is -2.03. The Morgan fingerprint density at radius 3 is 2.80 bits per heavy atom. The number of furan rings is 2. The number of hydrogen-bond donors (Lipinski definition) is 2. The molecule has 0 fully saturated rings. The minimum Gasteiger partial charge on any atom is -0.475 e. The number of rotatable bonds is 4. The van der Waals surface area contributed by atoms with Crippen LogP contribution in [0.25, 0.3) is 21.5 Å². The zero-order valence-corrected chi connectivity index (χ0v) is 13.3. The Bertz CT molecular complexity index is 1190. The molecule has 4 aromatic heterocycles. The van der Waals surface area contributed by atoms with Gasteiger partial charge < -0.3 is 13.9 Å². The summed E-state index contributed by atoms with van der Waals surface area (Å²) in [5, 5.41) is 11.0. The number of carboxylic acid groups (broad SMARTS) is 1. The van der Waals surface area contributed by atoms with Crippen molar-refractivity contribution in [2.24, 2.45) is 0 Å². The third-order valence-electron chi connectivity index (χ3n) is 3.69. The van der Waals surface area contributed by atoms with Crippen LogP contribution in [0.1, 0.15) is 16.3 Å². The lowest BCUT2D eigenvalue weighted by Crippen LogP contribution is -2.35. The van der Waals surface area contributed by atoms with E-state index in [0.29, 0.717) is 21.5 Å². The third-order valence-corrected chi connectivity index (χ3v) is 4.58. The standard InChI is InChI=1S/C16H10N2O6S/c19-14-12-9(10-2-1-5-23-10)7-25-13(12)17-16(22)18(14)6-8-3-4-11(24-8)15(20)21/h1-5,7H,6H2,(H,17,22)(H,20,21). The highest BCUT2D eigenvalue weighted by atomic mass is 32.1. The number of hydrogen-bond acceptors (Lipinski definition) is 6. The van der Waals surface area contributed by atoms with E-state index in [1.54, 1.807) is 17.5 Å². The van der Waals surface area contributed by atoms with Crippen molar-refractivity contribution < 1.29 is 18.7 Å². The molecule has 0 aliphatic heterocycles. The molecule has 0 spiro atoms. The predicted octanol–water partition coefficient (Wildman–Crippen LogP) is 2.35. The van der Waals surface area contributed by atoms with Gasteiger partial charge in [-0.2, -0.15) is 0 Å². The Kier molecular flexibility index (Phi) is 3.43. The van der Waals surface area contributed by atoms with Crippen molar-refractivity contribution in [1.82, 2.24) is 9.55 Å². The van der Waals surface area contributed by atoms with E-state index >= 15 is 0 Å². The van der Waals surface area contributed by atoms with Gasteiger partial charge >= 0.3 is 11.7 Å². The summed E-state index contributed by atoms with van der Waals surface area (Å²) in [5.41, 5.74) is -0.510. The molecule has 126 valence electrons. The lowest BCUT2D eigenvalue weighted by molar-refractivity contribution is 0.0660. The molecule has 0 saturated carbocycles. The highest BCUT2D eigenvalue weighted by molar-refractivity contribution is 7.17. The van der Waals surface area contributed by atoms with E-state index in [9.17, 15) is 14.4 Å². The summed E-state index contributed by atoms with van der Waals surface area (Å²) in [4.78, 5) is 39.0. The fourth-order valence-corrected chi connectivity index (χ4v) is 3.48. The van der Waals surface area contributed by atoms with Crippen molar-refractivity contribution in [2.45, 2.75) is 6.54 Å². The van der Waals surface area contributed by atoms with E-state index in [-0.39, 0.29) is 18.1 Å². The molecule has 4 rings (SSSR count). The largest absolute Gasteiger partial charge is 0.475 e. The second kappa shape index (κ2) is 5.64. The Hall–Kier alpha value is -3.33. The highest BCUT2D eigenvalue weighted by Gasteiger charge is 2.18. The number of H-pyrrole nitrogens is 1. The van der Waals surface area contributed by atoms with Gasteiger partial charge in [-0.1, -0.05) is 0 Å². The number of nitrogens with one attached hydrogen (secondary N) is 1. The number of thiophene rings is 1. The fraction of sp³-hybridized carbons (Fsp3) is 0.0625. The first-order valence-electron chi connectivity index (χ1n) is 7.15. The van der Waals surface area contributed by atoms with Crippen molar-refractivity contribution in [1.29, 1.82) is 0 Å². The molecule has 0 bridgehead atoms. The number of aromatic nitrogens is 2. The molecule has 8 nitrogen and oxygen atoms in total. The molecule has 0 radical (unpaired) electrons. The zero-order chi connectivity index (χ0) is 17.6. The van der Waals surface area contributed by atoms with Gasteiger partial charge in [0.2, 0.25) is 5.76 Å². The molecule has 0 atom stereocenters. The summed E-state index contributed by atoms with van der Waals surface area (Å²) >= 11 is 1.23. The summed E-state index contributed by atoms with van der Waals surface area (Å²) < 4.78 is 11.4. The predicted molar refractivity (Wildman–Crippen MR) is 89.2 cm³/mol. The number of aromatic carboxylic acids is 1. The van der Waals surface area contributed by atoms with Crippen LogP contribution < -0.4 is 11.2 Å². The fourth-order valence-electron chi connectivity index (χ4n) is 2.54. The van der Waals surface area contributed by atoms with Gasteiger partial charge in [-0.15, -0.1) is 11.3 Å². The van der Waals surface area contributed by atoms with Crippen molar-refractivity contribution in [3.63, 3.8) is 0 Å². The SMILES string of the molecule is O=C(O)c1ccc(Cn2c(=O)[nH]c3scc(-c4ccco4)c3c2=O)o1. The molecule has 2 N–H and O–H groups in total. The number of nitrogens with zero attached hydrogens (tertiary/aromatic N) is 1. The van der Waals surface area contributed by atoms with Crippen LogP contribution in [-0.2, 0) is 6.54 Å². The van der Waals surface area contributed by atoms with Crippen molar-refractivity contribution in [2.75, 3.05) is 0 Å². The first-order chi connectivity index (χ1) is 12.0. The molecule has 0 aliphatic rings. The Morgan fingerprint density at radius 1 is 1.28 bits per heavy atom. The maximum absolute atomic E-state index is 12.8. The molecule has 4 heterocycles. The molecule has 9 heteroatoms. The summed E-state index contributed by atoms with van der Waals surface area (Å²) in [5.74, 6) is -0.763. The van der Waals surface area contributed by atoms with Gasteiger partial charge in [0, 0.05) is 10.9 Å².